The van der Waals surface area contributed by atoms with Gasteiger partial charge in [-0.25, -0.2) is 4.79 Å². The summed E-state index contributed by atoms with van der Waals surface area (Å²) in [5.41, 5.74) is 7.51. The predicted molar refractivity (Wildman–Crippen MR) is 149 cm³/mol. The third-order valence-corrected chi connectivity index (χ3v) is 6.88. The third kappa shape index (κ3) is 5.06. The van der Waals surface area contributed by atoms with Gasteiger partial charge in [0.15, 0.2) is 0 Å². The number of benzene rings is 4. The molecule has 0 fully saturated rings. The Kier molecular flexibility index (Phi) is 6.79. The fourth-order valence-corrected chi connectivity index (χ4v) is 4.70. The van der Waals surface area contributed by atoms with Crippen molar-refractivity contribution in [3.63, 3.8) is 0 Å². The molecule has 6 nitrogen and oxygen atoms in total. The molecule has 0 aliphatic rings. The molecule has 0 aliphatic heterocycles. The van der Waals surface area contributed by atoms with Gasteiger partial charge in [-0.3, -0.25) is 9.48 Å². The van der Waals surface area contributed by atoms with Crippen LogP contribution in [0.5, 0.6) is 0 Å². The number of nitrogens with one attached hydrogen (secondary N) is 1. The van der Waals surface area contributed by atoms with E-state index in [2.05, 4.69) is 5.32 Å². The van der Waals surface area contributed by atoms with E-state index in [4.69, 9.17) is 5.10 Å². The molecule has 0 bridgehead atoms. The average molecular weight is 504 g/mol. The van der Waals surface area contributed by atoms with Crippen LogP contribution in [0.4, 0.5) is 0 Å². The largest absolute Gasteiger partial charge is 0.478 e. The van der Waals surface area contributed by atoms with Crippen molar-refractivity contribution in [3.8, 4) is 11.1 Å². The number of carbonyl (C=O) groups excluding carboxylic acids is 1. The maximum Gasteiger partial charge on any atom is 0.336 e. The Hall–Kier alpha value is -4.71. The molecule has 6 heteroatoms. The Balaban J connectivity index is 1.34. The Morgan fingerprint density at radius 1 is 0.921 bits per heavy atom. The van der Waals surface area contributed by atoms with Gasteiger partial charge in [-0.1, -0.05) is 72.3 Å². The molecular weight excluding hydrogens is 474 g/mol. The lowest BCUT2D eigenvalue weighted by molar-refractivity contribution is 0.0697. The van der Waals surface area contributed by atoms with Gasteiger partial charge in [0.25, 0.3) is 5.91 Å². The highest BCUT2D eigenvalue weighted by atomic mass is 16.4. The van der Waals surface area contributed by atoms with Crippen LogP contribution >= 0.6 is 0 Å². The van der Waals surface area contributed by atoms with Crippen LogP contribution in [0.3, 0.4) is 0 Å². The van der Waals surface area contributed by atoms with E-state index < -0.39 is 5.97 Å². The van der Waals surface area contributed by atoms with Gasteiger partial charge in [0.1, 0.15) is 0 Å². The van der Waals surface area contributed by atoms with Crippen molar-refractivity contribution in [2.45, 2.75) is 33.4 Å². The quantitative estimate of drug-likeness (QED) is 0.264. The lowest BCUT2D eigenvalue weighted by atomic mass is 9.99. The molecule has 190 valence electrons. The molecule has 1 atom stereocenters. The summed E-state index contributed by atoms with van der Waals surface area (Å²) < 4.78 is 1.93. The van der Waals surface area contributed by atoms with Gasteiger partial charge in [-0.05, 0) is 67.3 Å². The molecule has 5 aromatic rings. The molecule has 0 saturated carbocycles. The van der Waals surface area contributed by atoms with E-state index in [1.165, 1.54) is 5.56 Å². The normalized spacial score (nSPS) is 11.9. The number of hydrogen-bond donors (Lipinski definition) is 2. The zero-order valence-electron chi connectivity index (χ0n) is 21.6. The molecule has 1 heterocycles. The molecule has 1 amide bonds. The van der Waals surface area contributed by atoms with Crippen LogP contribution < -0.4 is 5.32 Å². The number of nitrogens with zero attached hydrogens (tertiary/aromatic N) is 2. The first kappa shape index (κ1) is 25.0. The van der Waals surface area contributed by atoms with Crippen molar-refractivity contribution in [1.82, 2.24) is 15.1 Å². The zero-order valence-corrected chi connectivity index (χ0v) is 21.6. The number of rotatable bonds is 7. The first-order valence-corrected chi connectivity index (χ1v) is 12.6. The molecule has 4 aromatic carbocycles. The van der Waals surface area contributed by atoms with E-state index in [1.807, 2.05) is 104 Å². The van der Waals surface area contributed by atoms with Crippen LogP contribution in [0.15, 0.2) is 91.0 Å². The number of carbonyl (C=O) groups is 2. The van der Waals surface area contributed by atoms with Crippen molar-refractivity contribution >= 4 is 22.8 Å². The third-order valence-electron chi connectivity index (χ3n) is 6.88. The summed E-state index contributed by atoms with van der Waals surface area (Å²) in [7, 11) is 0. The first-order chi connectivity index (χ1) is 18.3. The molecular formula is C32H29N3O3. The predicted octanol–water partition coefficient (Wildman–Crippen LogP) is 6.56. The molecule has 0 unspecified atom stereocenters. The second-order valence-electron chi connectivity index (χ2n) is 9.63. The molecule has 0 aliphatic carbocycles. The SMILES string of the molecule is Cc1ccc([C@H](C)NC(=O)c2ccc3c(c2)c(C)nn3Cc2ccc(-c3ccccc3C(=O)O)cc2)cc1. The van der Waals surface area contributed by atoms with Crippen LogP contribution in [0, 0.1) is 13.8 Å². The van der Waals surface area contributed by atoms with Crippen molar-refractivity contribution in [1.29, 1.82) is 0 Å². The van der Waals surface area contributed by atoms with Crippen molar-refractivity contribution in [3.05, 3.63) is 125 Å². The van der Waals surface area contributed by atoms with Crippen LogP contribution in [0.1, 0.15) is 56.1 Å². The number of carboxylic acids is 1. The van der Waals surface area contributed by atoms with E-state index >= 15 is 0 Å². The lowest BCUT2D eigenvalue weighted by Gasteiger charge is -2.15. The van der Waals surface area contributed by atoms with Crippen molar-refractivity contribution in [2.75, 3.05) is 0 Å². The summed E-state index contributed by atoms with van der Waals surface area (Å²) in [5, 5.41) is 18.3. The molecule has 0 spiro atoms. The minimum atomic E-state index is -0.944. The maximum absolute atomic E-state index is 13.0. The number of hydrogen-bond acceptors (Lipinski definition) is 3. The highest BCUT2D eigenvalue weighted by Crippen LogP contribution is 2.26. The van der Waals surface area contributed by atoms with E-state index in [9.17, 15) is 14.7 Å². The number of carboxylic acid groups (broad SMARTS) is 1. The van der Waals surface area contributed by atoms with E-state index in [1.54, 1.807) is 12.1 Å². The van der Waals surface area contributed by atoms with E-state index in [0.717, 1.165) is 33.3 Å². The van der Waals surface area contributed by atoms with Crippen LogP contribution in [-0.4, -0.2) is 26.8 Å². The second kappa shape index (κ2) is 10.3. The minimum absolute atomic E-state index is 0.104. The van der Waals surface area contributed by atoms with Gasteiger partial charge in [0.05, 0.1) is 29.4 Å². The van der Waals surface area contributed by atoms with Gasteiger partial charge in [0.2, 0.25) is 0 Å². The molecule has 0 radical (unpaired) electrons. The highest BCUT2D eigenvalue weighted by Gasteiger charge is 2.15. The highest BCUT2D eigenvalue weighted by molar-refractivity contribution is 5.99. The Morgan fingerprint density at radius 3 is 2.34 bits per heavy atom. The Labute approximate surface area is 221 Å². The molecule has 5 rings (SSSR count). The average Bonchev–Trinajstić information content (AvgIpc) is 3.23. The smallest absolute Gasteiger partial charge is 0.336 e. The van der Waals surface area contributed by atoms with Gasteiger partial charge in [-0.2, -0.15) is 5.10 Å². The number of amides is 1. The second-order valence-corrected chi connectivity index (χ2v) is 9.63. The minimum Gasteiger partial charge on any atom is -0.478 e. The maximum atomic E-state index is 13.0. The number of fused-ring (bicyclic) bond motifs is 1. The van der Waals surface area contributed by atoms with Crippen molar-refractivity contribution < 1.29 is 14.7 Å². The topological polar surface area (TPSA) is 84.2 Å². The van der Waals surface area contributed by atoms with Crippen LogP contribution in [-0.2, 0) is 6.54 Å². The Bertz CT molecular complexity index is 1630. The standard InChI is InChI=1S/C32H29N3O3/c1-20-8-12-24(13-9-20)21(2)33-31(36)26-16-17-30-29(18-26)22(3)34-35(30)19-23-10-14-25(15-11-23)27-6-4-5-7-28(27)32(37)38/h4-18,21H,19H2,1-3H3,(H,33,36)(H,37,38)/t21-/m0/s1. The summed E-state index contributed by atoms with van der Waals surface area (Å²) in [6.07, 6.45) is 0. The molecule has 38 heavy (non-hydrogen) atoms. The molecule has 0 saturated heterocycles. The van der Waals surface area contributed by atoms with Gasteiger partial charge >= 0.3 is 5.97 Å². The van der Waals surface area contributed by atoms with Gasteiger partial charge in [-0.15, -0.1) is 0 Å². The number of aromatic carboxylic acids is 1. The molecule has 2 N–H and O–H groups in total. The van der Waals surface area contributed by atoms with E-state index in [-0.39, 0.29) is 17.5 Å². The van der Waals surface area contributed by atoms with Crippen LogP contribution in [0.25, 0.3) is 22.0 Å². The first-order valence-electron chi connectivity index (χ1n) is 12.6. The zero-order chi connectivity index (χ0) is 26.8. The molecule has 1 aromatic heterocycles. The summed E-state index contributed by atoms with van der Waals surface area (Å²) in [4.78, 5) is 24.6. The summed E-state index contributed by atoms with van der Waals surface area (Å²) in [5.74, 6) is -1.06. The monoisotopic (exact) mass is 503 g/mol. The van der Waals surface area contributed by atoms with Crippen LogP contribution in [0.2, 0.25) is 0 Å². The number of aromatic nitrogens is 2. The Morgan fingerprint density at radius 2 is 1.63 bits per heavy atom. The lowest BCUT2D eigenvalue weighted by Crippen LogP contribution is -2.26. The fourth-order valence-electron chi connectivity index (χ4n) is 4.70. The van der Waals surface area contributed by atoms with E-state index in [0.29, 0.717) is 17.7 Å². The number of aryl methyl sites for hydroxylation is 2. The fraction of sp³-hybridized carbons (Fsp3) is 0.156. The summed E-state index contributed by atoms with van der Waals surface area (Å²) in [6.45, 7) is 6.53. The summed E-state index contributed by atoms with van der Waals surface area (Å²) in [6, 6.07) is 28.6. The van der Waals surface area contributed by atoms with Gasteiger partial charge in [0, 0.05) is 10.9 Å². The van der Waals surface area contributed by atoms with Gasteiger partial charge < -0.3 is 10.4 Å². The summed E-state index contributed by atoms with van der Waals surface area (Å²) >= 11 is 0. The van der Waals surface area contributed by atoms with Crippen molar-refractivity contribution in [2.24, 2.45) is 0 Å².